The maximum absolute atomic E-state index is 12.6. The van der Waals surface area contributed by atoms with Crippen molar-refractivity contribution in [2.45, 2.75) is 30.9 Å². The van der Waals surface area contributed by atoms with Crippen molar-refractivity contribution in [2.24, 2.45) is 0 Å². The highest BCUT2D eigenvalue weighted by Crippen LogP contribution is 2.46. The highest BCUT2D eigenvalue weighted by molar-refractivity contribution is 5.31. The summed E-state index contributed by atoms with van der Waals surface area (Å²) in [5.74, 6) is 0. The van der Waals surface area contributed by atoms with Gasteiger partial charge in [0, 0.05) is 11.0 Å². The Balaban J connectivity index is 2.40. The third-order valence-electron chi connectivity index (χ3n) is 3.11. The Kier molecular flexibility index (Phi) is 2.26. The number of hydrogen-bond acceptors (Lipinski definition) is 2. The van der Waals surface area contributed by atoms with Gasteiger partial charge in [0.1, 0.15) is 5.69 Å². The number of hydrogen-bond donors (Lipinski definition) is 2. The third kappa shape index (κ3) is 1.52. The molecule has 1 saturated carbocycles. The smallest absolute Gasteiger partial charge is 0.395 e. The summed E-state index contributed by atoms with van der Waals surface area (Å²) in [6, 6.07) is 0. The number of H-pyrrole nitrogens is 1. The van der Waals surface area contributed by atoms with Crippen LogP contribution in [0.3, 0.4) is 0 Å². The van der Waals surface area contributed by atoms with E-state index in [1.54, 1.807) is 0 Å². The number of alkyl halides is 3. The van der Waals surface area contributed by atoms with E-state index in [0.29, 0.717) is 12.8 Å². The van der Waals surface area contributed by atoms with Crippen LogP contribution in [0.2, 0.25) is 0 Å². The van der Waals surface area contributed by atoms with Crippen molar-refractivity contribution in [3.8, 4) is 0 Å². The lowest BCUT2D eigenvalue weighted by molar-refractivity contribution is -0.143. The zero-order valence-electron chi connectivity index (χ0n) is 7.93. The Bertz CT molecular complexity index is 349. The van der Waals surface area contributed by atoms with E-state index in [9.17, 15) is 18.3 Å². The van der Waals surface area contributed by atoms with Gasteiger partial charge in [-0.05, 0) is 12.8 Å². The summed E-state index contributed by atoms with van der Waals surface area (Å²) in [6.45, 7) is -0.254. The minimum atomic E-state index is -4.43. The molecule has 1 fully saturated rings. The SMILES string of the molecule is OCC1(c2cn[nH]c2C(F)(F)F)CCC1. The second-order valence-electron chi connectivity index (χ2n) is 3.95. The van der Waals surface area contributed by atoms with Gasteiger partial charge in [0.25, 0.3) is 0 Å². The van der Waals surface area contributed by atoms with Crippen LogP contribution >= 0.6 is 0 Å². The fourth-order valence-electron chi connectivity index (χ4n) is 2.02. The van der Waals surface area contributed by atoms with Crippen molar-refractivity contribution < 1.29 is 18.3 Å². The molecule has 6 heteroatoms. The first kappa shape index (κ1) is 10.5. The standard InChI is InChI=1S/C9H11F3N2O/c10-9(11,12)7-6(4-13-14-7)8(5-15)2-1-3-8/h4,15H,1-3,5H2,(H,13,14). The van der Waals surface area contributed by atoms with E-state index in [-0.39, 0.29) is 12.2 Å². The van der Waals surface area contributed by atoms with Gasteiger partial charge < -0.3 is 5.11 Å². The van der Waals surface area contributed by atoms with Crippen LogP contribution in [0.25, 0.3) is 0 Å². The molecule has 15 heavy (non-hydrogen) atoms. The molecule has 1 aliphatic carbocycles. The molecular weight excluding hydrogens is 209 g/mol. The molecule has 1 aromatic heterocycles. The van der Waals surface area contributed by atoms with Gasteiger partial charge in [-0.15, -0.1) is 0 Å². The summed E-state index contributed by atoms with van der Waals surface area (Å²) >= 11 is 0. The van der Waals surface area contributed by atoms with Crippen LogP contribution in [-0.2, 0) is 11.6 Å². The van der Waals surface area contributed by atoms with Crippen LogP contribution in [0.5, 0.6) is 0 Å². The van der Waals surface area contributed by atoms with Crippen LogP contribution < -0.4 is 0 Å². The predicted molar refractivity (Wildman–Crippen MR) is 46.2 cm³/mol. The van der Waals surface area contributed by atoms with Gasteiger partial charge in [-0.25, -0.2) is 0 Å². The fraction of sp³-hybridized carbons (Fsp3) is 0.667. The van der Waals surface area contributed by atoms with Crippen molar-refractivity contribution in [2.75, 3.05) is 6.61 Å². The second kappa shape index (κ2) is 3.23. The first-order valence-corrected chi connectivity index (χ1v) is 4.71. The summed E-state index contributed by atoms with van der Waals surface area (Å²) in [5, 5.41) is 14.6. The monoisotopic (exact) mass is 220 g/mol. The van der Waals surface area contributed by atoms with Crippen molar-refractivity contribution in [3.63, 3.8) is 0 Å². The molecule has 84 valence electrons. The van der Waals surface area contributed by atoms with E-state index < -0.39 is 17.3 Å². The molecule has 0 amide bonds. The second-order valence-corrected chi connectivity index (χ2v) is 3.95. The Morgan fingerprint density at radius 2 is 2.13 bits per heavy atom. The summed E-state index contributed by atoms with van der Waals surface area (Å²) < 4.78 is 37.7. The van der Waals surface area contributed by atoms with Gasteiger partial charge in [-0.1, -0.05) is 6.42 Å². The van der Waals surface area contributed by atoms with Gasteiger partial charge in [0.2, 0.25) is 0 Å². The molecule has 2 rings (SSSR count). The molecule has 0 aromatic carbocycles. The summed E-state index contributed by atoms with van der Waals surface area (Å²) in [5.41, 5.74) is -1.45. The molecule has 0 atom stereocenters. The normalized spacial score (nSPS) is 20.0. The fourth-order valence-corrected chi connectivity index (χ4v) is 2.02. The van der Waals surface area contributed by atoms with Crippen molar-refractivity contribution in [3.05, 3.63) is 17.5 Å². The minimum Gasteiger partial charge on any atom is -0.395 e. The lowest BCUT2D eigenvalue weighted by atomic mass is 9.65. The first-order valence-electron chi connectivity index (χ1n) is 4.71. The molecule has 0 aliphatic heterocycles. The van der Waals surface area contributed by atoms with E-state index in [1.165, 1.54) is 6.20 Å². The number of nitrogens with zero attached hydrogens (tertiary/aromatic N) is 1. The predicted octanol–water partition coefficient (Wildman–Crippen LogP) is 1.84. The number of aromatic amines is 1. The lowest BCUT2D eigenvalue weighted by Gasteiger charge is -2.40. The van der Waals surface area contributed by atoms with Crippen molar-refractivity contribution >= 4 is 0 Å². The Morgan fingerprint density at radius 3 is 2.53 bits per heavy atom. The van der Waals surface area contributed by atoms with Crippen molar-refractivity contribution in [1.82, 2.24) is 10.2 Å². The van der Waals surface area contributed by atoms with E-state index in [4.69, 9.17) is 0 Å². The molecule has 1 aliphatic rings. The van der Waals surface area contributed by atoms with Crippen LogP contribution in [0, 0.1) is 0 Å². The average Bonchev–Trinajstić information content (AvgIpc) is 2.51. The van der Waals surface area contributed by atoms with Crippen molar-refractivity contribution in [1.29, 1.82) is 0 Å². The zero-order valence-corrected chi connectivity index (χ0v) is 7.93. The van der Waals surface area contributed by atoms with Crippen LogP contribution in [0.4, 0.5) is 13.2 Å². The van der Waals surface area contributed by atoms with Gasteiger partial charge in [-0.2, -0.15) is 18.3 Å². The molecule has 0 bridgehead atoms. The summed E-state index contributed by atoms with van der Waals surface area (Å²) in [4.78, 5) is 0. The molecular formula is C9H11F3N2O. The van der Waals surface area contributed by atoms with Gasteiger partial charge >= 0.3 is 6.18 Å². The summed E-state index contributed by atoms with van der Waals surface area (Å²) in [7, 11) is 0. The average molecular weight is 220 g/mol. The Hall–Kier alpha value is -1.04. The molecule has 1 heterocycles. The number of halogens is 3. The topological polar surface area (TPSA) is 48.9 Å². The molecule has 1 aromatic rings. The molecule has 3 nitrogen and oxygen atoms in total. The number of nitrogens with one attached hydrogen (secondary N) is 1. The number of rotatable bonds is 2. The van der Waals surface area contributed by atoms with E-state index in [2.05, 4.69) is 5.10 Å². The number of aromatic nitrogens is 2. The molecule has 0 unspecified atom stereocenters. The maximum Gasteiger partial charge on any atom is 0.433 e. The van der Waals surface area contributed by atoms with Crippen LogP contribution in [0.15, 0.2) is 6.20 Å². The van der Waals surface area contributed by atoms with Crippen LogP contribution in [0.1, 0.15) is 30.5 Å². The van der Waals surface area contributed by atoms with Gasteiger partial charge in [0.05, 0.1) is 12.8 Å². The number of aliphatic hydroxyl groups excluding tert-OH is 1. The van der Waals surface area contributed by atoms with Gasteiger partial charge in [-0.3, -0.25) is 5.10 Å². The maximum atomic E-state index is 12.6. The van der Waals surface area contributed by atoms with Gasteiger partial charge in [0.15, 0.2) is 0 Å². The Labute approximate surface area is 84.3 Å². The largest absolute Gasteiger partial charge is 0.433 e. The first-order chi connectivity index (χ1) is 6.99. The summed E-state index contributed by atoms with van der Waals surface area (Å²) in [6.07, 6.45) is -1.22. The van der Waals surface area contributed by atoms with E-state index >= 15 is 0 Å². The quantitative estimate of drug-likeness (QED) is 0.799. The van der Waals surface area contributed by atoms with E-state index in [0.717, 1.165) is 6.42 Å². The molecule has 0 spiro atoms. The van der Waals surface area contributed by atoms with E-state index in [1.807, 2.05) is 5.10 Å². The van der Waals surface area contributed by atoms with Crippen LogP contribution in [-0.4, -0.2) is 21.9 Å². The lowest BCUT2D eigenvalue weighted by Crippen LogP contribution is -2.39. The molecule has 0 saturated heterocycles. The minimum absolute atomic E-state index is 0.101. The highest BCUT2D eigenvalue weighted by Gasteiger charge is 2.46. The third-order valence-corrected chi connectivity index (χ3v) is 3.11. The molecule has 2 N–H and O–H groups in total. The number of aliphatic hydroxyl groups is 1. The highest BCUT2D eigenvalue weighted by atomic mass is 19.4. The molecule has 0 radical (unpaired) electrons. The Morgan fingerprint density at radius 1 is 1.47 bits per heavy atom. The zero-order chi connectivity index (χ0) is 11.1.